The number of hydrogen-bond acceptors (Lipinski definition) is 0. The third-order valence-corrected chi connectivity index (χ3v) is 5.64. The zero-order valence-corrected chi connectivity index (χ0v) is 20.3. The van der Waals surface area contributed by atoms with Crippen molar-refractivity contribution in [1.82, 2.24) is 0 Å². The molecule has 0 aliphatic heterocycles. The minimum atomic E-state index is 0. The van der Waals surface area contributed by atoms with Crippen molar-refractivity contribution in [3.05, 3.63) is 182 Å². The minimum absolute atomic E-state index is 0. The molecule has 0 bridgehead atoms. The topological polar surface area (TPSA) is 0 Å². The molecular weight excluding hydrogens is 443 g/mol. The zero-order valence-electron chi connectivity index (χ0n) is 20.3. The quantitative estimate of drug-likeness (QED) is 0.224. The minimum Gasteiger partial charge on any atom is -0.0622 e. The highest BCUT2D eigenvalue weighted by Crippen LogP contribution is 2.19. The van der Waals surface area contributed by atoms with E-state index in [2.05, 4.69) is 146 Å². The Balaban J connectivity index is 0.000000152. The second-order valence-electron chi connectivity index (χ2n) is 8.20. The maximum absolute atomic E-state index is 2.12. The molecule has 0 nitrogen and oxygen atoms in total. The number of hydrogen-bond donors (Lipinski definition) is 0. The van der Waals surface area contributed by atoms with Gasteiger partial charge in [-0.25, -0.2) is 0 Å². The Bertz CT molecular complexity index is 1080. The predicted octanol–water partition coefficient (Wildman–Crippen LogP) is 8.88. The Labute approximate surface area is 223 Å². The van der Waals surface area contributed by atoms with E-state index in [-0.39, 0.29) is 8.41 Å². The summed E-state index contributed by atoms with van der Waals surface area (Å²) in [5, 5.41) is 0. The van der Waals surface area contributed by atoms with E-state index in [4.69, 9.17) is 0 Å². The highest BCUT2D eigenvalue weighted by atomic mass is 14.0. The lowest BCUT2D eigenvalue weighted by Crippen LogP contribution is -1.73. The van der Waals surface area contributed by atoms with Gasteiger partial charge in [-0.1, -0.05) is 182 Å². The van der Waals surface area contributed by atoms with Gasteiger partial charge in [-0.2, -0.15) is 0 Å². The Hall–Kier alpha value is -4.62. The standard InChI is InChI=1S/3C12H10.BH3/c3*1-3-7-11(8-4-1)12-9-5-2-6-10-12;/h3*1-10H;1H3. The fraction of sp³-hybridized carbons (Fsp3) is 0. The van der Waals surface area contributed by atoms with E-state index in [0.29, 0.717) is 0 Å². The van der Waals surface area contributed by atoms with Crippen molar-refractivity contribution in [2.45, 2.75) is 0 Å². The van der Waals surface area contributed by atoms with Crippen molar-refractivity contribution in [3.63, 3.8) is 0 Å². The molecule has 0 aromatic heterocycles. The van der Waals surface area contributed by atoms with Gasteiger partial charge in [0, 0.05) is 0 Å². The van der Waals surface area contributed by atoms with E-state index in [1.165, 1.54) is 33.4 Å². The van der Waals surface area contributed by atoms with Crippen molar-refractivity contribution >= 4 is 8.41 Å². The molecule has 0 aliphatic rings. The van der Waals surface area contributed by atoms with Crippen molar-refractivity contribution in [2.24, 2.45) is 0 Å². The summed E-state index contributed by atoms with van der Waals surface area (Å²) < 4.78 is 0. The second-order valence-corrected chi connectivity index (χ2v) is 8.20. The average molecular weight is 476 g/mol. The van der Waals surface area contributed by atoms with Gasteiger partial charge < -0.3 is 0 Å². The van der Waals surface area contributed by atoms with Crippen LogP contribution >= 0.6 is 0 Å². The van der Waals surface area contributed by atoms with Gasteiger partial charge in [0.05, 0.1) is 8.41 Å². The summed E-state index contributed by atoms with van der Waals surface area (Å²) in [6.45, 7) is 0. The molecule has 6 aromatic carbocycles. The van der Waals surface area contributed by atoms with Gasteiger partial charge in [-0.05, 0) is 33.4 Å². The van der Waals surface area contributed by atoms with Crippen LogP contribution in [0.15, 0.2) is 182 Å². The van der Waals surface area contributed by atoms with E-state index in [0.717, 1.165) is 0 Å². The highest BCUT2D eigenvalue weighted by Gasteiger charge is 1.93. The van der Waals surface area contributed by atoms with Crippen molar-refractivity contribution < 1.29 is 0 Å². The van der Waals surface area contributed by atoms with Gasteiger partial charge in [0.15, 0.2) is 0 Å². The smallest absolute Gasteiger partial charge is 0.0622 e. The fourth-order valence-corrected chi connectivity index (χ4v) is 3.78. The predicted molar refractivity (Wildman–Crippen MR) is 166 cm³/mol. The summed E-state index contributed by atoms with van der Waals surface area (Å²) in [4.78, 5) is 0. The van der Waals surface area contributed by atoms with Gasteiger partial charge in [0.2, 0.25) is 0 Å². The molecule has 37 heavy (non-hydrogen) atoms. The summed E-state index contributed by atoms with van der Waals surface area (Å²) in [6, 6.07) is 62.3. The van der Waals surface area contributed by atoms with E-state index < -0.39 is 0 Å². The molecule has 0 atom stereocenters. The summed E-state index contributed by atoms with van der Waals surface area (Å²) in [6.07, 6.45) is 0. The van der Waals surface area contributed by atoms with Crippen LogP contribution in [0.1, 0.15) is 0 Å². The van der Waals surface area contributed by atoms with Gasteiger partial charge in [0.25, 0.3) is 0 Å². The van der Waals surface area contributed by atoms with E-state index in [1.807, 2.05) is 36.4 Å². The summed E-state index contributed by atoms with van der Waals surface area (Å²) in [5.74, 6) is 0. The Morgan fingerprint density at radius 2 is 0.270 bits per heavy atom. The van der Waals surface area contributed by atoms with Crippen LogP contribution in [0.25, 0.3) is 33.4 Å². The lowest BCUT2D eigenvalue weighted by Gasteiger charge is -1.98. The first-order valence-electron chi connectivity index (χ1n) is 12.2. The lowest BCUT2D eigenvalue weighted by atomic mass is 10.1. The molecule has 0 unspecified atom stereocenters. The summed E-state index contributed by atoms with van der Waals surface area (Å²) in [7, 11) is 0. The maximum atomic E-state index is 2.12. The molecule has 1 heteroatoms. The molecule has 6 rings (SSSR count). The van der Waals surface area contributed by atoms with Crippen molar-refractivity contribution in [2.75, 3.05) is 0 Å². The number of benzene rings is 6. The molecule has 0 fully saturated rings. The van der Waals surface area contributed by atoms with E-state index in [1.54, 1.807) is 0 Å². The largest absolute Gasteiger partial charge is 0.0814 e. The first-order chi connectivity index (χ1) is 17.9. The monoisotopic (exact) mass is 476 g/mol. The Morgan fingerprint density at radius 3 is 0.378 bits per heavy atom. The third-order valence-electron chi connectivity index (χ3n) is 5.64. The second kappa shape index (κ2) is 15.4. The number of rotatable bonds is 3. The Kier molecular flexibility index (Phi) is 11.2. The molecule has 0 amide bonds. The van der Waals surface area contributed by atoms with Crippen LogP contribution in [0.2, 0.25) is 0 Å². The molecule has 0 N–H and O–H groups in total. The first kappa shape index (κ1) is 27.0. The molecule has 180 valence electrons. The molecule has 0 saturated heterocycles. The zero-order chi connectivity index (χ0) is 24.7. The van der Waals surface area contributed by atoms with Crippen LogP contribution in [0, 0.1) is 0 Å². The fourth-order valence-electron chi connectivity index (χ4n) is 3.78. The summed E-state index contributed by atoms with van der Waals surface area (Å²) >= 11 is 0. The molecule has 0 saturated carbocycles. The maximum Gasteiger partial charge on any atom is 0.0814 e. The highest BCUT2D eigenvalue weighted by molar-refractivity contribution is 5.75. The van der Waals surface area contributed by atoms with Crippen LogP contribution in [0.4, 0.5) is 0 Å². The van der Waals surface area contributed by atoms with Gasteiger partial charge >= 0.3 is 0 Å². The van der Waals surface area contributed by atoms with E-state index >= 15 is 0 Å². The van der Waals surface area contributed by atoms with Gasteiger partial charge in [-0.15, -0.1) is 0 Å². The normalized spacial score (nSPS) is 9.41. The molecule has 0 spiro atoms. The van der Waals surface area contributed by atoms with Crippen LogP contribution in [-0.2, 0) is 0 Å². The van der Waals surface area contributed by atoms with Crippen molar-refractivity contribution in [1.29, 1.82) is 0 Å². The molecule has 0 radical (unpaired) electrons. The molecular formula is C36H33B. The van der Waals surface area contributed by atoms with Crippen LogP contribution in [0.5, 0.6) is 0 Å². The average Bonchev–Trinajstić information content (AvgIpc) is 3.01. The molecule has 0 heterocycles. The third kappa shape index (κ3) is 8.83. The van der Waals surface area contributed by atoms with Crippen molar-refractivity contribution in [3.8, 4) is 33.4 Å². The SMILES string of the molecule is B.c1ccc(-c2ccccc2)cc1.c1ccc(-c2ccccc2)cc1.c1ccc(-c2ccccc2)cc1. The van der Waals surface area contributed by atoms with Crippen LogP contribution < -0.4 is 0 Å². The van der Waals surface area contributed by atoms with E-state index in [9.17, 15) is 0 Å². The Morgan fingerprint density at radius 1 is 0.162 bits per heavy atom. The van der Waals surface area contributed by atoms with Gasteiger partial charge in [0.1, 0.15) is 0 Å². The lowest BCUT2D eigenvalue weighted by molar-refractivity contribution is 1.62. The molecule has 6 aromatic rings. The summed E-state index contributed by atoms with van der Waals surface area (Å²) in [5.41, 5.74) is 7.66. The molecule has 0 aliphatic carbocycles. The first-order valence-corrected chi connectivity index (χ1v) is 12.2. The van der Waals surface area contributed by atoms with Gasteiger partial charge in [-0.3, -0.25) is 0 Å². The van der Waals surface area contributed by atoms with Crippen LogP contribution in [-0.4, -0.2) is 8.41 Å². The van der Waals surface area contributed by atoms with Crippen LogP contribution in [0.3, 0.4) is 0 Å².